The van der Waals surface area contributed by atoms with Gasteiger partial charge in [-0.25, -0.2) is 4.79 Å². The average molecular weight is 421 g/mol. The van der Waals surface area contributed by atoms with Crippen molar-refractivity contribution in [2.45, 2.75) is 38.0 Å². The molecule has 1 aliphatic heterocycles. The number of nitrogens with zero attached hydrogens (tertiary/aromatic N) is 2. The van der Waals surface area contributed by atoms with Crippen LogP contribution in [-0.2, 0) is 6.42 Å². The van der Waals surface area contributed by atoms with Crippen molar-refractivity contribution in [1.82, 2.24) is 10.1 Å². The third-order valence-corrected chi connectivity index (χ3v) is 6.34. The van der Waals surface area contributed by atoms with E-state index in [1.165, 1.54) is 4.90 Å². The average Bonchev–Trinajstić information content (AvgIpc) is 3.44. The molecule has 1 saturated heterocycles. The topological polar surface area (TPSA) is 66.6 Å². The van der Waals surface area contributed by atoms with Crippen LogP contribution in [0.3, 0.4) is 0 Å². The first-order valence-electron chi connectivity index (χ1n) is 9.54. The van der Waals surface area contributed by atoms with Crippen LogP contribution in [0.25, 0.3) is 11.3 Å². The first kappa shape index (κ1) is 19.3. The van der Waals surface area contributed by atoms with Crippen LogP contribution in [0.2, 0.25) is 10.0 Å². The van der Waals surface area contributed by atoms with Gasteiger partial charge in [-0.2, -0.15) is 0 Å². The molecule has 1 aromatic heterocycles. The lowest BCUT2D eigenvalue weighted by Crippen LogP contribution is -2.37. The van der Waals surface area contributed by atoms with E-state index >= 15 is 0 Å². The highest BCUT2D eigenvalue weighted by atomic mass is 35.5. The molecular formula is C21H22Cl2N2O3. The maximum Gasteiger partial charge on any atom is 0.407 e. The van der Waals surface area contributed by atoms with Gasteiger partial charge in [0.1, 0.15) is 11.5 Å². The van der Waals surface area contributed by atoms with E-state index in [0.717, 1.165) is 42.6 Å². The Bertz CT molecular complexity index is 892. The molecule has 1 amide bonds. The minimum absolute atomic E-state index is 0.284. The van der Waals surface area contributed by atoms with E-state index in [-0.39, 0.29) is 5.92 Å². The third-order valence-electron chi connectivity index (χ3n) is 5.71. The Morgan fingerprint density at radius 1 is 1.21 bits per heavy atom. The molecule has 0 radical (unpaired) electrons. The molecule has 1 aromatic carbocycles. The number of halogens is 2. The van der Waals surface area contributed by atoms with E-state index in [2.05, 4.69) is 11.7 Å². The van der Waals surface area contributed by atoms with Crippen molar-refractivity contribution in [3.8, 4) is 11.3 Å². The maximum absolute atomic E-state index is 11.1. The van der Waals surface area contributed by atoms with Crippen molar-refractivity contribution in [2.24, 2.45) is 5.92 Å². The molecule has 0 atom stereocenters. The van der Waals surface area contributed by atoms with E-state index in [4.69, 9.17) is 32.8 Å². The maximum atomic E-state index is 11.1. The lowest BCUT2D eigenvalue weighted by atomic mass is 9.85. The van der Waals surface area contributed by atoms with E-state index in [1.807, 2.05) is 6.07 Å². The van der Waals surface area contributed by atoms with Gasteiger partial charge in [-0.15, -0.1) is 0 Å². The number of amides is 1. The predicted molar refractivity (Wildman–Crippen MR) is 109 cm³/mol. The number of allylic oxidation sites excluding steroid dienone is 1. The van der Waals surface area contributed by atoms with Crippen molar-refractivity contribution in [2.75, 3.05) is 13.1 Å². The Morgan fingerprint density at radius 2 is 1.86 bits per heavy atom. The molecule has 0 unspecified atom stereocenters. The Hall–Kier alpha value is -1.98. The molecule has 0 spiro atoms. The Labute approximate surface area is 173 Å². The van der Waals surface area contributed by atoms with Gasteiger partial charge in [0.25, 0.3) is 0 Å². The first-order chi connectivity index (χ1) is 13.5. The quantitative estimate of drug-likeness (QED) is 0.600. The van der Waals surface area contributed by atoms with Gasteiger partial charge in [0.15, 0.2) is 0 Å². The minimum Gasteiger partial charge on any atom is -0.465 e. The Morgan fingerprint density at radius 3 is 2.43 bits per heavy atom. The van der Waals surface area contributed by atoms with Crippen molar-refractivity contribution >= 4 is 29.3 Å². The van der Waals surface area contributed by atoms with Gasteiger partial charge in [0.2, 0.25) is 0 Å². The zero-order valence-corrected chi connectivity index (χ0v) is 17.0. The number of hydrogen-bond acceptors (Lipinski definition) is 3. The Kier molecular flexibility index (Phi) is 5.39. The van der Waals surface area contributed by atoms with Gasteiger partial charge in [0.05, 0.1) is 10.0 Å². The van der Waals surface area contributed by atoms with Crippen molar-refractivity contribution in [3.05, 3.63) is 51.7 Å². The number of carbonyl (C=O) groups is 1. The van der Waals surface area contributed by atoms with Crippen LogP contribution >= 0.6 is 23.2 Å². The zero-order chi connectivity index (χ0) is 19.8. The fourth-order valence-electron chi connectivity index (χ4n) is 3.93. The number of rotatable bonds is 5. The normalized spacial score (nSPS) is 17.7. The number of carboxylic acid groups (broad SMARTS) is 1. The second-order valence-corrected chi connectivity index (χ2v) is 8.44. The van der Waals surface area contributed by atoms with Crippen LogP contribution in [0.15, 0.2) is 34.9 Å². The van der Waals surface area contributed by atoms with Crippen LogP contribution in [0.1, 0.15) is 42.9 Å². The first-order valence-corrected chi connectivity index (χ1v) is 10.3. The van der Waals surface area contributed by atoms with Crippen LogP contribution in [0, 0.1) is 5.92 Å². The molecule has 1 aliphatic carbocycles. The summed E-state index contributed by atoms with van der Waals surface area (Å²) < 4.78 is 5.73. The highest BCUT2D eigenvalue weighted by Gasteiger charge is 2.34. The molecule has 2 heterocycles. The van der Waals surface area contributed by atoms with Crippen molar-refractivity contribution in [3.63, 3.8) is 0 Å². The summed E-state index contributed by atoms with van der Waals surface area (Å²) >= 11 is 12.8. The van der Waals surface area contributed by atoms with Gasteiger partial charge in [0, 0.05) is 30.1 Å². The van der Waals surface area contributed by atoms with Crippen LogP contribution in [-0.4, -0.2) is 34.3 Å². The number of hydrogen-bond donors (Lipinski definition) is 1. The van der Waals surface area contributed by atoms with Crippen molar-refractivity contribution < 1.29 is 14.4 Å². The summed E-state index contributed by atoms with van der Waals surface area (Å²) in [6.45, 7) is 5.41. The monoisotopic (exact) mass is 420 g/mol. The molecule has 1 saturated carbocycles. The highest BCUT2D eigenvalue weighted by molar-refractivity contribution is 6.39. The van der Waals surface area contributed by atoms with Gasteiger partial charge in [-0.1, -0.05) is 46.6 Å². The highest BCUT2D eigenvalue weighted by Crippen LogP contribution is 2.46. The van der Waals surface area contributed by atoms with Gasteiger partial charge in [-0.05, 0) is 50.2 Å². The minimum atomic E-state index is -0.852. The molecule has 2 aromatic rings. The largest absolute Gasteiger partial charge is 0.465 e. The summed E-state index contributed by atoms with van der Waals surface area (Å²) in [5, 5.41) is 14.6. The number of likely N-dealkylation sites (tertiary alicyclic amines) is 1. The summed E-state index contributed by atoms with van der Waals surface area (Å²) in [6.07, 6.45) is 3.57. The van der Waals surface area contributed by atoms with E-state index in [9.17, 15) is 4.79 Å². The second kappa shape index (κ2) is 7.80. The standard InChI is InChI=1S/C21H22Cl2N2O3/c1-12(13-7-9-25(10-8-13)21(26)27)11-15-19(24-28-20(15)14-5-6-14)18-16(22)3-2-4-17(18)23/h2-4,13-14H,1,5-11H2,(H,26,27). The SMILES string of the molecule is C=C(Cc1c(-c2c(Cl)cccc2Cl)noc1C1CC1)C1CCN(C(=O)O)CC1. The smallest absolute Gasteiger partial charge is 0.407 e. The molecule has 148 valence electrons. The lowest BCUT2D eigenvalue weighted by molar-refractivity contribution is 0.128. The molecule has 2 aliphatic rings. The molecule has 0 bridgehead atoms. The molecule has 2 fully saturated rings. The molecule has 4 rings (SSSR count). The summed E-state index contributed by atoms with van der Waals surface area (Å²) in [5.74, 6) is 1.60. The second-order valence-electron chi connectivity index (χ2n) is 7.62. The molecule has 28 heavy (non-hydrogen) atoms. The fraction of sp³-hybridized carbons (Fsp3) is 0.429. The summed E-state index contributed by atoms with van der Waals surface area (Å²) in [4.78, 5) is 12.6. The lowest BCUT2D eigenvalue weighted by Gasteiger charge is -2.31. The third kappa shape index (κ3) is 3.78. The fourth-order valence-corrected chi connectivity index (χ4v) is 4.51. The van der Waals surface area contributed by atoms with Crippen molar-refractivity contribution in [1.29, 1.82) is 0 Å². The predicted octanol–water partition coefficient (Wildman–Crippen LogP) is 6.01. The Balaban J connectivity index is 1.60. The summed E-state index contributed by atoms with van der Waals surface area (Å²) in [6, 6.07) is 5.41. The molecular weight excluding hydrogens is 399 g/mol. The van der Waals surface area contributed by atoms with E-state index < -0.39 is 6.09 Å². The zero-order valence-electron chi connectivity index (χ0n) is 15.5. The summed E-state index contributed by atoms with van der Waals surface area (Å²) in [7, 11) is 0. The van der Waals surface area contributed by atoms with E-state index in [1.54, 1.807) is 12.1 Å². The van der Waals surface area contributed by atoms with Crippen LogP contribution < -0.4 is 0 Å². The summed E-state index contributed by atoms with van der Waals surface area (Å²) in [5.41, 5.74) is 3.49. The van der Waals surface area contributed by atoms with Crippen LogP contribution in [0.5, 0.6) is 0 Å². The number of piperidine rings is 1. The van der Waals surface area contributed by atoms with Gasteiger partial charge in [-0.3, -0.25) is 0 Å². The molecule has 5 nitrogen and oxygen atoms in total. The van der Waals surface area contributed by atoms with Gasteiger partial charge >= 0.3 is 6.09 Å². The number of benzene rings is 1. The van der Waals surface area contributed by atoms with Crippen LogP contribution in [0.4, 0.5) is 4.79 Å². The van der Waals surface area contributed by atoms with Gasteiger partial charge < -0.3 is 14.5 Å². The number of aromatic nitrogens is 1. The molecule has 1 N–H and O–H groups in total. The molecule has 7 heteroatoms. The van der Waals surface area contributed by atoms with E-state index in [0.29, 0.717) is 46.7 Å².